The van der Waals surface area contributed by atoms with Gasteiger partial charge in [-0.15, -0.1) is 0 Å². The molecule has 0 saturated carbocycles. The van der Waals surface area contributed by atoms with Gasteiger partial charge < -0.3 is 10.2 Å². The fourth-order valence-electron chi connectivity index (χ4n) is 4.20. The van der Waals surface area contributed by atoms with Gasteiger partial charge in [-0.25, -0.2) is 8.42 Å². The first-order valence-corrected chi connectivity index (χ1v) is 15.8. The van der Waals surface area contributed by atoms with Crippen LogP contribution in [-0.2, 0) is 26.2 Å². The maximum Gasteiger partial charge on any atom is 0.264 e. The lowest BCUT2D eigenvalue weighted by molar-refractivity contribution is -0.140. The molecule has 0 bridgehead atoms. The number of nitrogens with one attached hydrogen (secondary N) is 1. The molecule has 0 aliphatic carbocycles. The van der Waals surface area contributed by atoms with Gasteiger partial charge in [0.25, 0.3) is 10.0 Å². The van der Waals surface area contributed by atoms with Crippen molar-refractivity contribution in [3.8, 4) is 0 Å². The predicted octanol–water partition coefficient (Wildman–Crippen LogP) is 6.87. The molecule has 3 rings (SSSR count). The van der Waals surface area contributed by atoms with Crippen molar-refractivity contribution in [2.75, 3.05) is 10.8 Å². The van der Waals surface area contributed by atoms with Crippen molar-refractivity contribution in [2.45, 2.75) is 64.1 Å². The number of carbonyl (C=O) groups is 2. The molecule has 41 heavy (non-hydrogen) atoms. The third-order valence-corrected chi connectivity index (χ3v) is 9.73. The molecule has 11 heteroatoms. The van der Waals surface area contributed by atoms with Crippen LogP contribution < -0.4 is 9.62 Å². The summed E-state index contributed by atoms with van der Waals surface area (Å²) in [6.07, 6.45) is 0.974. The number of benzene rings is 3. The fraction of sp³-hybridized carbons (Fsp3) is 0.333. The zero-order valence-corrected chi connectivity index (χ0v) is 26.5. The molecule has 0 radical (unpaired) electrons. The number of hydrogen-bond donors (Lipinski definition) is 1. The Hall–Kier alpha value is -2.78. The highest BCUT2D eigenvalue weighted by molar-refractivity contribution is 7.92. The smallest absolute Gasteiger partial charge is 0.264 e. The summed E-state index contributed by atoms with van der Waals surface area (Å²) in [5.74, 6) is -0.961. The first-order chi connectivity index (χ1) is 19.4. The molecule has 0 spiro atoms. The number of nitrogens with zero attached hydrogens (tertiary/aromatic N) is 2. The van der Waals surface area contributed by atoms with Crippen molar-refractivity contribution in [2.24, 2.45) is 0 Å². The van der Waals surface area contributed by atoms with Crippen LogP contribution in [0.3, 0.4) is 0 Å². The van der Waals surface area contributed by atoms with E-state index in [2.05, 4.69) is 5.32 Å². The molecule has 7 nitrogen and oxygen atoms in total. The molecular weight excluding hydrogens is 605 g/mol. The van der Waals surface area contributed by atoms with Gasteiger partial charge in [0, 0.05) is 33.2 Å². The number of sulfonamides is 1. The Morgan fingerprint density at radius 3 is 2.07 bits per heavy atom. The molecule has 2 amide bonds. The SMILES string of the molecule is CC[C@@H](C)NC(=O)[C@@H](CC)N(Cc1c(Cl)cccc1Cl)C(=O)CN(c1ccc(C)c(Cl)c1)S(=O)(=O)c1ccccc1. The van der Waals surface area contributed by atoms with Gasteiger partial charge in [-0.3, -0.25) is 13.9 Å². The van der Waals surface area contributed by atoms with E-state index in [9.17, 15) is 18.0 Å². The average Bonchev–Trinajstić information content (AvgIpc) is 2.94. The van der Waals surface area contributed by atoms with E-state index in [0.717, 1.165) is 9.87 Å². The first-order valence-electron chi connectivity index (χ1n) is 13.3. The second-order valence-electron chi connectivity index (χ2n) is 9.72. The molecule has 0 aliphatic rings. The van der Waals surface area contributed by atoms with Crippen molar-refractivity contribution in [1.29, 1.82) is 0 Å². The molecule has 2 atom stereocenters. The summed E-state index contributed by atoms with van der Waals surface area (Å²) in [6, 6.07) is 16.6. The summed E-state index contributed by atoms with van der Waals surface area (Å²) in [7, 11) is -4.20. The van der Waals surface area contributed by atoms with Gasteiger partial charge in [0.1, 0.15) is 12.6 Å². The lowest BCUT2D eigenvalue weighted by Gasteiger charge is -2.34. The van der Waals surface area contributed by atoms with E-state index in [-0.39, 0.29) is 35.5 Å². The number of aryl methyl sites for hydroxylation is 1. The Morgan fingerprint density at radius 2 is 1.51 bits per heavy atom. The molecule has 3 aromatic rings. The Bertz CT molecular complexity index is 1470. The standard InChI is InChI=1S/C30H34Cl3N3O4S/c1-5-21(4)34-30(38)28(6-2)35(18-24-25(31)13-10-14-26(24)32)29(37)19-36(22-16-15-20(3)27(33)17-22)41(39,40)23-11-8-7-9-12-23/h7-17,21,28H,5-6,18-19H2,1-4H3,(H,34,38)/t21-,28-/m1/s1. The minimum Gasteiger partial charge on any atom is -0.352 e. The first kappa shape index (κ1) is 32.7. The molecular formula is C30H34Cl3N3O4S. The largest absolute Gasteiger partial charge is 0.352 e. The van der Waals surface area contributed by atoms with E-state index in [4.69, 9.17) is 34.8 Å². The Morgan fingerprint density at radius 1 is 0.878 bits per heavy atom. The normalized spacial score (nSPS) is 12.9. The van der Waals surface area contributed by atoms with Crippen LogP contribution in [0.5, 0.6) is 0 Å². The van der Waals surface area contributed by atoms with Gasteiger partial charge >= 0.3 is 0 Å². The number of halogens is 3. The zero-order valence-electron chi connectivity index (χ0n) is 23.4. The third-order valence-electron chi connectivity index (χ3n) is 6.83. The minimum atomic E-state index is -4.20. The number of anilines is 1. The Labute approximate surface area is 257 Å². The molecule has 220 valence electrons. The van der Waals surface area contributed by atoms with E-state index in [0.29, 0.717) is 27.1 Å². The lowest BCUT2D eigenvalue weighted by Crippen LogP contribution is -2.53. The van der Waals surface area contributed by atoms with Crippen LogP contribution in [0, 0.1) is 6.92 Å². The zero-order chi connectivity index (χ0) is 30.3. The van der Waals surface area contributed by atoms with Crippen LogP contribution in [0.2, 0.25) is 15.1 Å². The maximum atomic E-state index is 14.2. The van der Waals surface area contributed by atoms with Crippen LogP contribution in [0.15, 0.2) is 71.6 Å². The highest BCUT2D eigenvalue weighted by Crippen LogP contribution is 2.30. The number of carbonyl (C=O) groups excluding carboxylic acids is 2. The molecule has 0 unspecified atom stereocenters. The van der Waals surface area contributed by atoms with Crippen LogP contribution in [-0.4, -0.2) is 43.8 Å². The van der Waals surface area contributed by atoms with Gasteiger partial charge in [0.2, 0.25) is 11.8 Å². The third kappa shape index (κ3) is 7.95. The van der Waals surface area contributed by atoms with Crippen molar-refractivity contribution < 1.29 is 18.0 Å². The van der Waals surface area contributed by atoms with Crippen LogP contribution in [0.4, 0.5) is 5.69 Å². The molecule has 0 fully saturated rings. The Balaban J connectivity index is 2.11. The van der Waals surface area contributed by atoms with Crippen LogP contribution in [0.1, 0.15) is 44.7 Å². The van der Waals surface area contributed by atoms with Gasteiger partial charge in [-0.1, -0.05) is 79.0 Å². The molecule has 0 heterocycles. The summed E-state index contributed by atoms with van der Waals surface area (Å²) < 4.78 is 28.8. The van der Waals surface area contributed by atoms with E-state index >= 15 is 0 Å². The molecule has 0 aliphatic heterocycles. The summed E-state index contributed by atoms with van der Waals surface area (Å²) in [6.45, 7) is 6.70. The summed E-state index contributed by atoms with van der Waals surface area (Å²) >= 11 is 19.3. The number of amides is 2. The minimum absolute atomic E-state index is 0.00625. The molecule has 0 aromatic heterocycles. The van der Waals surface area contributed by atoms with Gasteiger partial charge in [0.05, 0.1) is 10.6 Å². The molecule has 1 N–H and O–H groups in total. The molecule has 0 saturated heterocycles. The average molecular weight is 639 g/mol. The van der Waals surface area contributed by atoms with E-state index in [1.165, 1.54) is 23.1 Å². The quantitative estimate of drug-likeness (QED) is 0.235. The fourth-order valence-corrected chi connectivity index (χ4v) is 6.32. The van der Waals surface area contributed by atoms with Crippen molar-refractivity contribution in [3.05, 3.63) is 92.9 Å². The summed E-state index contributed by atoms with van der Waals surface area (Å²) in [4.78, 5) is 28.9. The highest BCUT2D eigenvalue weighted by atomic mass is 35.5. The predicted molar refractivity (Wildman–Crippen MR) is 166 cm³/mol. The number of rotatable bonds is 12. The summed E-state index contributed by atoms with van der Waals surface area (Å²) in [5.41, 5.74) is 1.42. The van der Waals surface area contributed by atoms with Crippen molar-refractivity contribution in [3.63, 3.8) is 0 Å². The van der Waals surface area contributed by atoms with E-state index in [1.807, 2.05) is 13.8 Å². The monoisotopic (exact) mass is 637 g/mol. The second-order valence-corrected chi connectivity index (χ2v) is 12.8. The van der Waals surface area contributed by atoms with Crippen LogP contribution >= 0.6 is 34.8 Å². The topological polar surface area (TPSA) is 86.8 Å². The van der Waals surface area contributed by atoms with Gasteiger partial charge in [-0.05, 0) is 68.7 Å². The van der Waals surface area contributed by atoms with E-state index in [1.54, 1.807) is 62.4 Å². The van der Waals surface area contributed by atoms with Crippen LogP contribution in [0.25, 0.3) is 0 Å². The summed E-state index contributed by atoms with van der Waals surface area (Å²) in [5, 5.41) is 3.94. The van der Waals surface area contributed by atoms with Crippen molar-refractivity contribution >= 4 is 62.3 Å². The van der Waals surface area contributed by atoms with Gasteiger partial charge in [-0.2, -0.15) is 0 Å². The maximum absolute atomic E-state index is 14.2. The van der Waals surface area contributed by atoms with Gasteiger partial charge in [0.15, 0.2) is 0 Å². The van der Waals surface area contributed by atoms with Crippen molar-refractivity contribution in [1.82, 2.24) is 10.2 Å². The number of hydrogen-bond acceptors (Lipinski definition) is 4. The highest BCUT2D eigenvalue weighted by Gasteiger charge is 2.34. The lowest BCUT2D eigenvalue weighted by atomic mass is 10.1. The Kier molecular flexibility index (Phi) is 11.5. The second kappa shape index (κ2) is 14.4. The van der Waals surface area contributed by atoms with E-state index < -0.39 is 28.5 Å². The molecule has 3 aromatic carbocycles.